The summed E-state index contributed by atoms with van der Waals surface area (Å²) in [6.07, 6.45) is 65.8. The Morgan fingerprint density at radius 3 is 0.848 bits per heavy atom. The molecule has 1 atom stereocenters. The molecule has 0 aromatic heterocycles. The number of unbranched alkanes of at least 4 members (excludes halogenated alkanes) is 36. The van der Waals surface area contributed by atoms with Crippen molar-refractivity contribution in [3.05, 3.63) is 36.5 Å². The molecule has 6 heteroatoms. The van der Waals surface area contributed by atoms with E-state index in [2.05, 4.69) is 57.2 Å². The molecule has 0 aromatic rings. The summed E-state index contributed by atoms with van der Waals surface area (Å²) in [6, 6.07) is 0. The van der Waals surface area contributed by atoms with Crippen molar-refractivity contribution in [2.75, 3.05) is 13.2 Å². The molecule has 0 radical (unpaired) electrons. The van der Waals surface area contributed by atoms with Crippen molar-refractivity contribution < 1.29 is 28.6 Å². The molecule has 0 saturated carbocycles. The van der Waals surface area contributed by atoms with Crippen LogP contribution in [0.5, 0.6) is 0 Å². The molecule has 0 aliphatic carbocycles. The maximum atomic E-state index is 12.8. The highest BCUT2D eigenvalue weighted by atomic mass is 16.6. The number of carbonyl (C=O) groups is 3. The third kappa shape index (κ3) is 52.6. The van der Waals surface area contributed by atoms with Gasteiger partial charge in [-0.15, -0.1) is 0 Å². The molecule has 0 rings (SSSR count). The number of ether oxygens (including phenoxy) is 3. The van der Waals surface area contributed by atoms with Gasteiger partial charge in [-0.1, -0.05) is 250 Å². The smallest absolute Gasteiger partial charge is 0.306 e. The van der Waals surface area contributed by atoms with Gasteiger partial charge < -0.3 is 14.2 Å². The Morgan fingerprint density at radius 1 is 0.303 bits per heavy atom. The monoisotopic (exact) mass is 927 g/mol. The van der Waals surface area contributed by atoms with Crippen LogP contribution in [0.4, 0.5) is 0 Å². The molecule has 1 unspecified atom stereocenters. The lowest BCUT2D eigenvalue weighted by molar-refractivity contribution is -0.167. The number of carbonyl (C=O) groups excluding carboxylic acids is 3. The van der Waals surface area contributed by atoms with Gasteiger partial charge in [0.25, 0.3) is 0 Å². The first-order valence-electron chi connectivity index (χ1n) is 29.0. The summed E-state index contributed by atoms with van der Waals surface area (Å²) in [7, 11) is 0. The minimum absolute atomic E-state index is 0.0715. The second-order valence-electron chi connectivity index (χ2n) is 19.6. The van der Waals surface area contributed by atoms with E-state index in [1.807, 2.05) is 0 Å². The average Bonchev–Trinajstić information content (AvgIpc) is 3.31. The van der Waals surface area contributed by atoms with Gasteiger partial charge in [-0.05, 0) is 77.0 Å². The van der Waals surface area contributed by atoms with E-state index in [0.717, 1.165) is 64.2 Å². The van der Waals surface area contributed by atoms with E-state index in [9.17, 15) is 14.4 Å². The topological polar surface area (TPSA) is 78.9 Å². The molecule has 0 aliphatic rings. The van der Waals surface area contributed by atoms with Crippen LogP contribution in [0.3, 0.4) is 0 Å². The Morgan fingerprint density at radius 2 is 0.545 bits per heavy atom. The van der Waals surface area contributed by atoms with Crippen LogP contribution >= 0.6 is 0 Å². The quantitative estimate of drug-likeness (QED) is 0.0262. The predicted octanol–water partition coefficient (Wildman–Crippen LogP) is 19.3. The highest BCUT2D eigenvalue weighted by molar-refractivity contribution is 5.71. The fourth-order valence-electron chi connectivity index (χ4n) is 8.47. The maximum Gasteiger partial charge on any atom is 0.306 e. The lowest BCUT2D eigenvalue weighted by Crippen LogP contribution is -2.30. The molecule has 0 aliphatic heterocycles. The lowest BCUT2D eigenvalue weighted by Gasteiger charge is -2.18. The number of rotatable bonds is 53. The Hall–Kier alpha value is -2.37. The first kappa shape index (κ1) is 63.6. The summed E-state index contributed by atoms with van der Waals surface area (Å²) >= 11 is 0. The van der Waals surface area contributed by atoms with E-state index in [-0.39, 0.29) is 31.1 Å². The normalized spacial score (nSPS) is 12.2. The third-order valence-corrected chi connectivity index (χ3v) is 12.9. The van der Waals surface area contributed by atoms with Crippen LogP contribution < -0.4 is 0 Å². The average molecular weight is 928 g/mol. The van der Waals surface area contributed by atoms with Gasteiger partial charge in [0.1, 0.15) is 13.2 Å². The van der Waals surface area contributed by atoms with Crippen molar-refractivity contribution in [2.45, 2.75) is 316 Å². The molecule has 0 amide bonds. The fourth-order valence-corrected chi connectivity index (χ4v) is 8.47. The van der Waals surface area contributed by atoms with Crippen LogP contribution in [-0.4, -0.2) is 37.2 Å². The van der Waals surface area contributed by atoms with Gasteiger partial charge in [0.05, 0.1) is 0 Å². The van der Waals surface area contributed by atoms with Crippen LogP contribution in [0.2, 0.25) is 0 Å². The molecule has 0 spiro atoms. The third-order valence-electron chi connectivity index (χ3n) is 12.9. The van der Waals surface area contributed by atoms with Crippen molar-refractivity contribution in [3.8, 4) is 0 Å². The molecule has 66 heavy (non-hydrogen) atoms. The molecular weight excluding hydrogens is 817 g/mol. The number of hydrogen-bond donors (Lipinski definition) is 0. The number of hydrogen-bond acceptors (Lipinski definition) is 6. The fraction of sp³-hybridized carbons (Fsp3) is 0.850. The summed E-state index contributed by atoms with van der Waals surface area (Å²) in [5.74, 6) is -0.868. The van der Waals surface area contributed by atoms with Crippen LogP contribution in [0.1, 0.15) is 310 Å². The molecule has 6 nitrogen and oxygen atoms in total. The zero-order valence-corrected chi connectivity index (χ0v) is 44.2. The van der Waals surface area contributed by atoms with Crippen LogP contribution in [0.15, 0.2) is 36.5 Å². The van der Waals surface area contributed by atoms with Crippen molar-refractivity contribution >= 4 is 17.9 Å². The van der Waals surface area contributed by atoms with Gasteiger partial charge in [0.15, 0.2) is 6.10 Å². The van der Waals surface area contributed by atoms with Crippen molar-refractivity contribution in [3.63, 3.8) is 0 Å². The summed E-state index contributed by atoms with van der Waals surface area (Å²) in [4.78, 5) is 38.0. The zero-order valence-electron chi connectivity index (χ0n) is 44.2. The minimum Gasteiger partial charge on any atom is -0.462 e. The van der Waals surface area contributed by atoms with Crippen LogP contribution in [-0.2, 0) is 28.6 Å². The SMILES string of the molecule is CCCCCCC/C=C\C/C=C\CCCCCCCCCCCCCC(=O)OCC(COC(=O)CCCCCCCCCC)OC(=O)CCCCCCCCC/C=C\CCCCCCCC. The van der Waals surface area contributed by atoms with Gasteiger partial charge in [-0.2, -0.15) is 0 Å². The Bertz CT molecular complexity index is 1110. The van der Waals surface area contributed by atoms with Crippen molar-refractivity contribution in [1.29, 1.82) is 0 Å². The van der Waals surface area contributed by atoms with Gasteiger partial charge in [-0.25, -0.2) is 0 Å². The molecular formula is C60H110O6. The molecule has 0 saturated heterocycles. The lowest BCUT2D eigenvalue weighted by atomic mass is 10.0. The second-order valence-corrected chi connectivity index (χ2v) is 19.6. The largest absolute Gasteiger partial charge is 0.462 e. The van der Waals surface area contributed by atoms with E-state index in [0.29, 0.717) is 19.3 Å². The van der Waals surface area contributed by atoms with Crippen molar-refractivity contribution in [1.82, 2.24) is 0 Å². The zero-order chi connectivity index (χ0) is 47.9. The van der Waals surface area contributed by atoms with E-state index in [1.54, 1.807) is 0 Å². The molecule has 0 N–H and O–H groups in total. The molecule has 0 fully saturated rings. The van der Waals surface area contributed by atoms with Crippen LogP contribution in [0.25, 0.3) is 0 Å². The van der Waals surface area contributed by atoms with Gasteiger partial charge in [0.2, 0.25) is 0 Å². The highest BCUT2D eigenvalue weighted by Gasteiger charge is 2.19. The Balaban J connectivity index is 4.19. The number of esters is 3. The molecule has 0 heterocycles. The standard InChI is InChI=1S/C60H110O6/c1-4-7-10-13-16-19-21-23-25-27-28-29-30-31-32-34-35-37-39-41-44-47-50-53-59(62)65-56-57(55-64-58(61)52-49-46-43-18-15-12-9-6-3)66-60(63)54-51-48-45-42-40-38-36-33-26-24-22-20-17-14-11-8-5-2/h21,23-24,26-28,57H,4-20,22,25,29-56H2,1-3H3/b23-21-,26-24-,28-27-. The van der Waals surface area contributed by atoms with E-state index in [4.69, 9.17) is 14.2 Å². The van der Waals surface area contributed by atoms with E-state index in [1.165, 1.54) is 205 Å². The van der Waals surface area contributed by atoms with Crippen molar-refractivity contribution in [2.24, 2.45) is 0 Å². The molecule has 0 bridgehead atoms. The van der Waals surface area contributed by atoms with Gasteiger partial charge in [-0.3, -0.25) is 14.4 Å². The summed E-state index contributed by atoms with van der Waals surface area (Å²) in [6.45, 7) is 6.62. The minimum atomic E-state index is -0.771. The highest BCUT2D eigenvalue weighted by Crippen LogP contribution is 2.16. The number of allylic oxidation sites excluding steroid dienone is 6. The summed E-state index contributed by atoms with van der Waals surface area (Å²) in [5.41, 5.74) is 0. The summed E-state index contributed by atoms with van der Waals surface area (Å²) in [5, 5.41) is 0. The summed E-state index contributed by atoms with van der Waals surface area (Å²) < 4.78 is 16.8. The molecule has 0 aromatic carbocycles. The van der Waals surface area contributed by atoms with Gasteiger partial charge in [0, 0.05) is 19.3 Å². The van der Waals surface area contributed by atoms with E-state index < -0.39 is 6.10 Å². The first-order chi connectivity index (χ1) is 32.5. The maximum absolute atomic E-state index is 12.8. The van der Waals surface area contributed by atoms with Crippen LogP contribution in [0, 0.1) is 0 Å². The second kappa shape index (κ2) is 55.2. The Labute approximate surface area is 410 Å². The van der Waals surface area contributed by atoms with E-state index >= 15 is 0 Å². The first-order valence-corrected chi connectivity index (χ1v) is 29.0. The van der Waals surface area contributed by atoms with Gasteiger partial charge >= 0.3 is 17.9 Å². The molecule has 386 valence electrons. The predicted molar refractivity (Wildman–Crippen MR) is 284 cm³/mol. The Kier molecular flexibility index (Phi) is 53.2.